The molecule has 0 radical (unpaired) electrons. The van der Waals surface area contributed by atoms with Crippen LogP contribution in [0.4, 0.5) is 8.78 Å². The third kappa shape index (κ3) is 2.39. The van der Waals surface area contributed by atoms with E-state index in [0.29, 0.717) is 5.56 Å². The van der Waals surface area contributed by atoms with Gasteiger partial charge in [0.2, 0.25) is 0 Å². The summed E-state index contributed by atoms with van der Waals surface area (Å²) in [6, 6.07) is 4.62. The van der Waals surface area contributed by atoms with Crippen molar-refractivity contribution in [2.45, 2.75) is 13.0 Å². The van der Waals surface area contributed by atoms with Crippen molar-refractivity contribution in [3.63, 3.8) is 0 Å². The summed E-state index contributed by atoms with van der Waals surface area (Å²) in [6.07, 6.45) is 0. The third-order valence-corrected chi connectivity index (χ3v) is 2.72. The fourth-order valence-electron chi connectivity index (χ4n) is 2.00. The van der Waals surface area contributed by atoms with E-state index in [2.05, 4.69) is 10.5 Å². The number of nitrogens with zero attached hydrogens (tertiary/aromatic N) is 2. The van der Waals surface area contributed by atoms with E-state index in [4.69, 9.17) is 5.84 Å². The summed E-state index contributed by atoms with van der Waals surface area (Å²) < 4.78 is 28.1. The van der Waals surface area contributed by atoms with Crippen molar-refractivity contribution >= 4 is 0 Å². The lowest BCUT2D eigenvalue weighted by molar-refractivity contribution is 0.548. The van der Waals surface area contributed by atoms with Crippen LogP contribution in [0.25, 0.3) is 0 Å². The fourth-order valence-corrected chi connectivity index (χ4v) is 2.00. The topological polar surface area (TPSA) is 55.9 Å². The minimum absolute atomic E-state index is 0.415. The fraction of sp³-hybridized carbons (Fsp3) is 0.250. The Kier molecular flexibility index (Phi) is 3.40. The summed E-state index contributed by atoms with van der Waals surface area (Å²) in [5.41, 5.74) is 4.51. The van der Waals surface area contributed by atoms with Crippen molar-refractivity contribution in [1.29, 1.82) is 0 Å². The molecule has 0 bridgehead atoms. The SMILES string of the molecule is Cc1cc(C(NN)c2cc(F)cc(F)c2)n(C)n1. The van der Waals surface area contributed by atoms with Gasteiger partial charge in [0, 0.05) is 13.1 Å². The number of benzene rings is 1. The first-order valence-corrected chi connectivity index (χ1v) is 5.44. The highest BCUT2D eigenvalue weighted by atomic mass is 19.1. The Labute approximate surface area is 103 Å². The number of hydrogen-bond acceptors (Lipinski definition) is 3. The molecule has 4 nitrogen and oxygen atoms in total. The first-order valence-electron chi connectivity index (χ1n) is 5.44. The summed E-state index contributed by atoms with van der Waals surface area (Å²) in [7, 11) is 1.75. The molecule has 0 aliphatic rings. The summed E-state index contributed by atoms with van der Waals surface area (Å²) in [5, 5.41) is 4.18. The molecule has 1 heterocycles. The van der Waals surface area contributed by atoms with E-state index in [1.165, 1.54) is 12.1 Å². The molecule has 1 atom stereocenters. The maximum atomic E-state index is 13.2. The minimum Gasteiger partial charge on any atom is -0.271 e. The smallest absolute Gasteiger partial charge is 0.126 e. The van der Waals surface area contributed by atoms with Crippen molar-refractivity contribution in [3.05, 3.63) is 52.9 Å². The highest BCUT2D eigenvalue weighted by Crippen LogP contribution is 2.23. The first-order chi connectivity index (χ1) is 8.51. The molecule has 0 saturated heterocycles. The highest BCUT2D eigenvalue weighted by Gasteiger charge is 2.18. The molecular weight excluding hydrogens is 238 g/mol. The molecule has 1 unspecified atom stereocenters. The predicted molar refractivity (Wildman–Crippen MR) is 63.5 cm³/mol. The molecule has 0 amide bonds. The molecular formula is C12H14F2N4. The van der Waals surface area contributed by atoms with Crippen molar-refractivity contribution in [1.82, 2.24) is 15.2 Å². The zero-order valence-corrected chi connectivity index (χ0v) is 10.1. The van der Waals surface area contributed by atoms with Crippen LogP contribution < -0.4 is 11.3 Å². The number of hydrazine groups is 1. The van der Waals surface area contributed by atoms with Crippen LogP contribution in [0.2, 0.25) is 0 Å². The van der Waals surface area contributed by atoms with Crippen LogP contribution in [0.15, 0.2) is 24.3 Å². The van der Waals surface area contributed by atoms with Gasteiger partial charge in [0.25, 0.3) is 0 Å². The van der Waals surface area contributed by atoms with Crippen LogP contribution in [0.5, 0.6) is 0 Å². The van der Waals surface area contributed by atoms with Gasteiger partial charge in [0.1, 0.15) is 11.6 Å². The van der Waals surface area contributed by atoms with Gasteiger partial charge in [-0.1, -0.05) is 0 Å². The lowest BCUT2D eigenvalue weighted by Crippen LogP contribution is -2.30. The number of rotatable bonds is 3. The molecule has 0 spiro atoms. The molecule has 0 fully saturated rings. The molecule has 2 rings (SSSR count). The number of nitrogens with one attached hydrogen (secondary N) is 1. The van der Waals surface area contributed by atoms with Crippen LogP contribution >= 0.6 is 0 Å². The maximum absolute atomic E-state index is 13.2. The highest BCUT2D eigenvalue weighted by molar-refractivity contribution is 5.29. The van der Waals surface area contributed by atoms with Crippen LogP contribution in [-0.2, 0) is 7.05 Å². The molecule has 18 heavy (non-hydrogen) atoms. The van der Waals surface area contributed by atoms with Gasteiger partial charge < -0.3 is 0 Å². The molecule has 0 saturated carbocycles. The van der Waals surface area contributed by atoms with Crippen molar-refractivity contribution in [2.75, 3.05) is 0 Å². The van der Waals surface area contributed by atoms with Crippen molar-refractivity contribution in [3.8, 4) is 0 Å². The Morgan fingerprint density at radius 1 is 1.22 bits per heavy atom. The average Bonchev–Trinajstić information content (AvgIpc) is 2.58. The van der Waals surface area contributed by atoms with Crippen molar-refractivity contribution < 1.29 is 8.78 Å². The van der Waals surface area contributed by atoms with Crippen LogP contribution in [0, 0.1) is 18.6 Å². The van der Waals surface area contributed by atoms with Gasteiger partial charge in [0.05, 0.1) is 17.4 Å². The molecule has 2 aromatic rings. The zero-order chi connectivity index (χ0) is 13.3. The molecule has 3 N–H and O–H groups in total. The molecule has 96 valence electrons. The second-order valence-corrected chi connectivity index (χ2v) is 4.14. The lowest BCUT2D eigenvalue weighted by atomic mass is 10.0. The quantitative estimate of drug-likeness (QED) is 0.644. The number of halogens is 2. The van der Waals surface area contributed by atoms with Crippen LogP contribution in [0.1, 0.15) is 23.0 Å². The summed E-state index contributed by atoms with van der Waals surface area (Å²) in [5.74, 6) is 4.21. The number of nitrogens with two attached hydrogens (primary N) is 1. The van der Waals surface area contributed by atoms with Gasteiger partial charge in [-0.15, -0.1) is 0 Å². The van der Waals surface area contributed by atoms with Crippen LogP contribution in [-0.4, -0.2) is 9.78 Å². The Balaban J connectivity index is 2.48. The number of aryl methyl sites for hydroxylation is 2. The Bertz CT molecular complexity index is 545. The monoisotopic (exact) mass is 252 g/mol. The van der Waals surface area contributed by atoms with E-state index in [9.17, 15) is 8.78 Å². The summed E-state index contributed by atoms with van der Waals surface area (Å²) in [6.45, 7) is 1.84. The second-order valence-electron chi connectivity index (χ2n) is 4.14. The van der Waals surface area contributed by atoms with Crippen molar-refractivity contribution in [2.24, 2.45) is 12.9 Å². The van der Waals surface area contributed by atoms with Gasteiger partial charge in [-0.05, 0) is 30.7 Å². The zero-order valence-electron chi connectivity index (χ0n) is 10.1. The van der Waals surface area contributed by atoms with E-state index < -0.39 is 17.7 Å². The summed E-state index contributed by atoms with van der Waals surface area (Å²) >= 11 is 0. The van der Waals surface area contributed by atoms with E-state index in [-0.39, 0.29) is 0 Å². The van der Waals surface area contributed by atoms with Gasteiger partial charge in [0.15, 0.2) is 0 Å². The van der Waals surface area contributed by atoms with Gasteiger partial charge in [-0.25, -0.2) is 14.2 Å². The van der Waals surface area contributed by atoms with E-state index in [1.807, 2.05) is 13.0 Å². The van der Waals surface area contributed by atoms with Gasteiger partial charge in [-0.3, -0.25) is 10.5 Å². The first kappa shape index (κ1) is 12.7. The standard InChI is InChI=1S/C12H14F2N4/c1-7-3-11(18(2)17-7)12(16-15)8-4-9(13)6-10(14)5-8/h3-6,12,16H,15H2,1-2H3. The van der Waals surface area contributed by atoms with E-state index in [0.717, 1.165) is 17.5 Å². The maximum Gasteiger partial charge on any atom is 0.126 e. The average molecular weight is 252 g/mol. The Morgan fingerprint density at radius 3 is 2.28 bits per heavy atom. The van der Waals surface area contributed by atoms with E-state index in [1.54, 1.807) is 11.7 Å². The predicted octanol–water partition coefficient (Wildman–Crippen LogP) is 1.56. The Morgan fingerprint density at radius 2 is 1.83 bits per heavy atom. The van der Waals surface area contributed by atoms with Gasteiger partial charge in [-0.2, -0.15) is 5.10 Å². The number of aromatic nitrogens is 2. The largest absolute Gasteiger partial charge is 0.271 e. The second kappa shape index (κ2) is 4.83. The number of hydrogen-bond donors (Lipinski definition) is 2. The lowest BCUT2D eigenvalue weighted by Gasteiger charge is -2.16. The molecule has 1 aromatic heterocycles. The molecule has 0 aliphatic heterocycles. The Hall–Kier alpha value is -1.79. The molecule has 6 heteroatoms. The van der Waals surface area contributed by atoms with Crippen LogP contribution in [0.3, 0.4) is 0 Å². The van der Waals surface area contributed by atoms with Gasteiger partial charge >= 0.3 is 0 Å². The third-order valence-electron chi connectivity index (χ3n) is 2.72. The summed E-state index contributed by atoms with van der Waals surface area (Å²) in [4.78, 5) is 0. The normalized spacial score (nSPS) is 12.7. The van der Waals surface area contributed by atoms with E-state index >= 15 is 0 Å². The molecule has 1 aromatic carbocycles. The minimum atomic E-state index is -0.635. The molecule has 0 aliphatic carbocycles.